The monoisotopic (exact) mass is 263 g/mol. The Kier molecular flexibility index (Phi) is 3.59. The van der Waals surface area contributed by atoms with Crippen LogP contribution in [0, 0.1) is 0 Å². The highest BCUT2D eigenvalue weighted by Crippen LogP contribution is 2.30. The molecule has 19 heavy (non-hydrogen) atoms. The van der Waals surface area contributed by atoms with Crippen LogP contribution in [0.15, 0.2) is 12.1 Å². The highest BCUT2D eigenvalue weighted by atomic mass is 16.5. The predicted octanol–water partition coefficient (Wildman–Crippen LogP) is 1.82. The summed E-state index contributed by atoms with van der Waals surface area (Å²) in [6.45, 7) is 2.80. The number of hydrogen-bond donors (Lipinski definition) is 1. The van der Waals surface area contributed by atoms with E-state index in [1.807, 2.05) is 4.57 Å². The molecule has 0 spiro atoms. The van der Waals surface area contributed by atoms with Gasteiger partial charge in [0.25, 0.3) is 0 Å². The summed E-state index contributed by atoms with van der Waals surface area (Å²) in [5, 5.41) is 0. The molecule has 1 heterocycles. The molecule has 2 N–H and O–H groups in total. The van der Waals surface area contributed by atoms with Gasteiger partial charge in [0.2, 0.25) is 5.95 Å². The minimum absolute atomic E-state index is 0.396. The largest absolute Gasteiger partial charge is 0.494 e. The molecule has 0 aliphatic carbocycles. The average Bonchev–Trinajstić information content (AvgIpc) is 2.73. The Balaban J connectivity index is 2.69. The predicted molar refractivity (Wildman–Crippen MR) is 72.3 cm³/mol. The van der Waals surface area contributed by atoms with Crippen molar-refractivity contribution < 1.29 is 14.3 Å². The fraction of sp³-hybridized carbons (Fsp3) is 0.385. The van der Waals surface area contributed by atoms with Crippen molar-refractivity contribution in [2.24, 2.45) is 0 Å². The Labute approximate surface area is 111 Å². The molecule has 0 saturated carbocycles. The van der Waals surface area contributed by atoms with Gasteiger partial charge in [-0.15, -0.1) is 0 Å². The van der Waals surface area contributed by atoms with E-state index in [1.165, 1.54) is 7.11 Å². The molecular weight excluding hydrogens is 246 g/mol. The van der Waals surface area contributed by atoms with E-state index in [0.29, 0.717) is 22.8 Å². The standard InChI is InChI=1S/C13H17N3O3/c1-4-5-16-11-9(15-13(16)14)6-8(12(17)19-3)7-10(11)18-2/h6-7H,4-5H2,1-3H3,(H2,14,15). The van der Waals surface area contributed by atoms with E-state index in [2.05, 4.69) is 11.9 Å². The number of rotatable bonds is 4. The van der Waals surface area contributed by atoms with Crippen molar-refractivity contribution in [1.82, 2.24) is 9.55 Å². The number of nitrogens with zero attached hydrogens (tertiary/aromatic N) is 2. The number of benzene rings is 1. The van der Waals surface area contributed by atoms with Gasteiger partial charge in [0.15, 0.2) is 0 Å². The van der Waals surface area contributed by atoms with Crippen molar-refractivity contribution in [3.63, 3.8) is 0 Å². The number of esters is 1. The number of methoxy groups -OCH3 is 2. The number of nitrogen functional groups attached to an aromatic ring is 1. The number of hydrogen-bond acceptors (Lipinski definition) is 5. The third-order valence-corrected chi connectivity index (χ3v) is 2.92. The fourth-order valence-electron chi connectivity index (χ4n) is 2.09. The van der Waals surface area contributed by atoms with Crippen molar-refractivity contribution in [3.8, 4) is 5.75 Å². The van der Waals surface area contributed by atoms with Gasteiger partial charge in [0.05, 0.1) is 25.3 Å². The topological polar surface area (TPSA) is 79.4 Å². The first-order chi connectivity index (χ1) is 9.12. The second-order valence-electron chi connectivity index (χ2n) is 4.16. The average molecular weight is 263 g/mol. The third-order valence-electron chi connectivity index (χ3n) is 2.92. The maximum Gasteiger partial charge on any atom is 0.338 e. The Morgan fingerprint density at radius 1 is 1.42 bits per heavy atom. The summed E-state index contributed by atoms with van der Waals surface area (Å²) in [6, 6.07) is 3.30. The second-order valence-corrected chi connectivity index (χ2v) is 4.16. The molecule has 0 aliphatic rings. The Morgan fingerprint density at radius 2 is 2.16 bits per heavy atom. The van der Waals surface area contributed by atoms with E-state index in [4.69, 9.17) is 15.2 Å². The van der Waals surface area contributed by atoms with Gasteiger partial charge in [-0.1, -0.05) is 6.92 Å². The summed E-state index contributed by atoms with van der Waals surface area (Å²) in [5.74, 6) is 0.552. The Bertz CT molecular complexity index is 619. The molecule has 0 bridgehead atoms. The van der Waals surface area contributed by atoms with Crippen LogP contribution in [0.3, 0.4) is 0 Å². The van der Waals surface area contributed by atoms with Gasteiger partial charge < -0.3 is 19.8 Å². The fourth-order valence-corrected chi connectivity index (χ4v) is 2.09. The molecule has 1 aromatic heterocycles. The van der Waals surface area contributed by atoms with E-state index in [-0.39, 0.29) is 0 Å². The molecule has 102 valence electrons. The highest BCUT2D eigenvalue weighted by molar-refractivity contribution is 5.96. The molecule has 2 rings (SSSR count). The van der Waals surface area contributed by atoms with Crippen LogP contribution in [0.1, 0.15) is 23.7 Å². The molecule has 0 saturated heterocycles. The number of anilines is 1. The van der Waals surface area contributed by atoms with Gasteiger partial charge in [-0.2, -0.15) is 0 Å². The number of aromatic nitrogens is 2. The maximum atomic E-state index is 11.6. The molecule has 0 aliphatic heterocycles. The van der Waals surface area contributed by atoms with Crippen molar-refractivity contribution >= 4 is 23.0 Å². The molecule has 6 heteroatoms. The molecule has 0 atom stereocenters. The van der Waals surface area contributed by atoms with Gasteiger partial charge in [-0.3, -0.25) is 0 Å². The normalized spacial score (nSPS) is 10.7. The molecule has 1 aromatic carbocycles. The van der Waals surface area contributed by atoms with Crippen LogP contribution in [0.4, 0.5) is 5.95 Å². The number of carbonyl (C=O) groups excluding carboxylic acids is 1. The molecule has 0 radical (unpaired) electrons. The smallest absolute Gasteiger partial charge is 0.338 e. The lowest BCUT2D eigenvalue weighted by molar-refractivity contribution is 0.0600. The summed E-state index contributed by atoms with van der Waals surface area (Å²) >= 11 is 0. The zero-order chi connectivity index (χ0) is 14.0. The summed E-state index contributed by atoms with van der Waals surface area (Å²) in [7, 11) is 2.89. The summed E-state index contributed by atoms with van der Waals surface area (Å²) in [6.07, 6.45) is 0.928. The molecule has 6 nitrogen and oxygen atoms in total. The molecule has 2 aromatic rings. The first-order valence-electron chi connectivity index (χ1n) is 6.04. The second kappa shape index (κ2) is 5.17. The summed E-state index contributed by atoms with van der Waals surface area (Å²) < 4.78 is 11.9. The maximum absolute atomic E-state index is 11.6. The first-order valence-corrected chi connectivity index (χ1v) is 6.04. The lowest BCUT2D eigenvalue weighted by Crippen LogP contribution is -2.04. The van der Waals surface area contributed by atoms with Gasteiger partial charge in [-0.25, -0.2) is 9.78 Å². The molecular formula is C13H17N3O3. The van der Waals surface area contributed by atoms with Crippen LogP contribution in [0.5, 0.6) is 5.75 Å². The molecule has 0 fully saturated rings. The Morgan fingerprint density at radius 3 is 2.74 bits per heavy atom. The van der Waals surface area contributed by atoms with Crippen molar-refractivity contribution in [1.29, 1.82) is 0 Å². The van der Waals surface area contributed by atoms with Crippen molar-refractivity contribution in [3.05, 3.63) is 17.7 Å². The van der Waals surface area contributed by atoms with Crippen LogP contribution in [0.2, 0.25) is 0 Å². The van der Waals surface area contributed by atoms with Crippen LogP contribution < -0.4 is 10.5 Å². The van der Waals surface area contributed by atoms with E-state index >= 15 is 0 Å². The minimum atomic E-state index is -0.427. The van der Waals surface area contributed by atoms with E-state index in [1.54, 1.807) is 19.2 Å². The first kappa shape index (κ1) is 13.2. The van der Waals surface area contributed by atoms with Crippen LogP contribution in [0.25, 0.3) is 11.0 Å². The number of fused-ring (bicyclic) bond motifs is 1. The van der Waals surface area contributed by atoms with E-state index in [0.717, 1.165) is 18.5 Å². The number of aryl methyl sites for hydroxylation is 1. The van der Waals surface area contributed by atoms with E-state index in [9.17, 15) is 4.79 Å². The lowest BCUT2D eigenvalue weighted by atomic mass is 10.2. The Hall–Kier alpha value is -2.24. The van der Waals surface area contributed by atoms with Crippen molar-refractivity contribution in [2.45, 2.75) is 19.9 Å². The third kappa shape index (κ3) is 2.21. The van der Waals surface area contributed by atoms with E-state index < -0.39 is 5.97 Å². The number of nitrogens with two attached hydrogens (primary N) is 1. The molecule has 0 unspecified atom stereocenters. The number of ether oxygens (including phenoxy) is 2. The van der Waals surface area contributed by atoms with Gasteiger partial charge in [-0.05, 0) is 18.6 Å². The van der Waals surface area contributed by atoms with Crippen LogP contribution in [-0.2, 0) is 11.3 Å². The van der Waals surface area contributed by atoms with Crippen LogP contribution in [-0.4, -0.2) is 29.7 Å². The zero-order valence-corrected chi connectivity index (χ0v) is 11.3. The van der Waals surface area contributed by atoms with Crippen LogP contribution >= 0.6 is 0 Å². The number of carbonyl (C=O) groups is 1. The summed E-state index contributed by atoms with van der Waals surface area (Å²) in [5.41, 5.74) is 7.73. The summed E-state index contributed by atoms with van der Waals surface area (Å²) in [4.78, 5) is 15.9. The van der Waals surface area contributed by atoms with Gasteiger partial charge in [0.1, 0.15) is 11.3 Å². The number of imidazole rings is 1. The van der Waals surface area contributed by atoms with Gasteiger partial charge >= 0.3 is 5.97 Å². The van der Waals surface area contributed by atoms with Crippen molar-refractivity contribution in [2.75, 3.05) is 20.0 Å². The minimum Gasteiger partial charge on any atom is -0.494 e. The quantitative estimate of drug-likeness (QED) is 0.851. The zero-order valence-electron chi connectivity index (χ0n) is 11.3. The molecule has 0 amide bonds. The highest BCUT2D eigenvalue weighted by Gasteiger charge is 2.17. The SMILES string of the molecule is CCCn1c(N)nc2cc(C(=O)OC)cc(OC)c21. The van der Waals surface area contributed by atoms with Gasteiger partial charge in [0, 0.05) is 6.54 Å². The lowest BCUT2D eigenvalue weighted by Gasteiger charge is -2.09.